The SMILES string of the molecule is CCCNC(C)(CN1CCC(C(C)(C)C)CC1)C(N)=O. The van der Waals surface area contributed by atoms with Gasteiger partial charge in [-0.25, -0.2) is 0 Å². The number of hydrogen-bond donors (Lipinski definition) is 2. The Labute approximate surface area is 124 Å². The molecule has 1 aliphatic rings. The molecule has 0 saturated carbocycles. The third-order valence-electron chi connectivity index (χ3n) is 4.66. The van der Waals surface area contributed by atoms with Crippen LogP contribution in [0.2, 0.25) is 0 Å². The third kappa shape index (κ3) is 4.74. The summed E-state index contributed by atoms with van der Waals surface area (Å²) in [6, 6.07) is 0. The summed E-state index contributed by atoms with van der Waals surface area (Å²) in [6.07, 6.45) is 3.44. The zero-order chi connectivity index (χ0) is 15.4. The summed E-state index contributed by atoms with van der Waals surface area (Å²) in [7, 11) is 0. The second kappa shape index (κ2) is 6.90. The number of nitrogens with two attached hydrogens (primary N) is 1. The Bertz CT molecular complexity index is 316. The van der Waals surface area contributed by atoms with E-state index in [4.69, 9.17) is 5.73 Å². The van der Waals surface area contributed by atoms with E-state index in [1.165, 1.54) is 12.8 Å². The number of rotatable bonds is 6. The molecule has 1 aliphatic heterocycles. The summed E-state index contributed by atoms with van der Waals surface area (Å²) in [6.45, 7) is 14.7. The second-order valence-corrected chi connectivity index (χ2v) is 7.54. The van der Waals surface area contributed by atoms with Crippen LogP contribution in [0, 0.1) is 11.3 Å². The molecule has 0 bridgehead atoms. The number of primary amides is 1. The van der Waals surface area contributed by atoms with Gasteiger partial charge in [-0.15, -0.1) is 0 Å². The molecule has 4 nitrogen and oxygen atoms in total. The molecule has 0 aromatic rings. The van der Waals surface area contributed by atoms with E-state index in [-0.39, 0.29) is 5.91 Å². The maximum absolute atomic E-state index is 11.8. The van der Waals surface area contributed by atoms with Crippen molar-refractivity contribution in [2.45, 2.75) is 59.4 Å². The summed E-state index contributed by atoms with van der Waals surface area (Å²) >= 11 is 0. The molecule has 1 saturated heterocycles. The fraction of sp³-hybridized carbons (Fsp3) is 0.938. The van der Waals surface area contributed by atoms with Crippen LogP contribution in [0.4, 0.5) is 0 Å². The van der Waals surface area contributed by atoms with E-state index < -0.39 is 5.54 Å². The van der Waals surface area contributed by atoms with Crippen molar-refractivity contribution in [3.8, 4) is 0 Å². The molecule has 118 valence electrons. The van der Waals surface area contributed by atoms with Gasteiger partial charge in [0.25, 0.3) is 0 Å². The molecule has 20 heavy (non-hydrogen) atoms. The van der Waals surface area contributed by atoms with Crippen molar-refractivity contribution in [3.63, 3.8) is 0 Å². The summed E-state index contributed by atoms with van der Waals surface area (Å²) in [5, 5.41) is 3.32. The molecule has 0 spiro atoms. The Balaban J connectivity index is 2.54. The highest BCUT2D eigenvalue weighted by molar-refractivity contribution is 5.84. The van der Waals surface area contributed by atoms with Crippen molar-refractivity contribution >= 4 is 5.91 Å². The van der Waals surface area contributed by atoms with Crippen LogP contribution in [0.3, 0.4) is 0 Å². The molecule has 1 unspecified atom stereocenters. The number of nitrogens with zero attached hydrogens (tertiary/aromatic N) is 1. The first-order chi connectivity index (χ1) is 9.19. The summed E-state index contributed by atoms with van der Waals surface area (Å²) < 4.78 is 0. The zero-order valence-electron chi connectivity index (χ0n) is 14.0. The minimum absolute atomic E-state index is 0.246. The maximum Gasteiger partial charge on any atom is 0.238 e. The van der Waals surface area contributed by atoms with Crippen LogP contribution < -0.4 is 11.1 Å². The van der Waals surface area contributed by atoms with Gasteiger partial charge in [0.15, 0.2) is 0 Å². The molecule has 3 N–H and O–H groups in total. The molecule has 0 aromatic heterocycles. The first-order valence-corrected chi connectivity index (χ1v) is 7.96. The monoisotopic (exact) mass is 283 g/mol. The average Bonchev–Trinajstić information content (AvgIpc) is 2.35. The van der Waals surface area contributed by atoms with E-state index >= 15 is 0 Å². The molecule has 0 radical (unpaired) electrons. The number of nitrogens with one attached hydrogen (secondary N) is 1. The Hall–Kier alpha value is -0.610. The topological polar surface area (TPSA) is 58.4 Å². The van der Waals surface area contributed by atoms with E-state index in [0.717, 1.165) is 38.5 Å². The van der Waals surface area contributed by atoms with Crippen molar-refractivity contribution in [3.05, 3.63) is 0 Å². The number of amides is 1. The Morgan fingerprint density at radius 2 is 1.80 bits per heavy atom. The quantitative estimate of drug-likeness (QED) is 0.784. The lowest BCUT2D eigenvalue weighted by Crippen LogP contribution is -2.60. The van der Waals surface area contributed by atoms with Gasteiger partial charge in [0.1, 0.15) is 5.54 Å². The van der Waals surface area contributed by atoms with Crippen molar-refractivity contribution in [2.75, 3.05) is 26.2 Å². The van der Waals surface area contributed by atoms with Crippen LogP contribution in [0.5, 0.6) is 0 Å². The number of piperidine rings is 1. The van der Waals surface area contributed by atoms with Crippen LogP contribution in [-0.4, -0.2) is 42.5 Å². The number of carbonyl (C=O) groups excluding carboxylic acids is 1. The van der Waals surface area contributed by atoms with E-state index in [0.29, 0.717) is 5.41 Å². The minimum Gasteiger partial charge on any atom is -0.368 e. The second-order valence-electron chi connectivity index (χ2n) is 7.54. The van der Waals surface area contributed by atoms with Gasteiger partial charge in [-0.05, 0) is 57.2 Å². The van der Waals surface area contributed by atoms with Crippen molar-refractivity contribution in [1.29, 1.82) is 0 Å². The molecule has 1 fully saturated rings. The fourth-order valence-electron chi connectivity index (χ4n) is 3.03. The van der Waals surface area contributed by atoms with Gasteiger partial charge < -0.3 is 16.0 Å². The first-order valence-electron chi connectivity index (χ1n) is 7.96. The number of hydrogen-bond acceptors (Lipinski definition) is 3. The van der Waals surface area contributed by atoms with E-state index in [2.05, 4.69) is 37.9 Å². The van der Waals surface area contributed by atoms with Gasteiger partial charge in [-0.1, -0.05) is 27.7 Å². The van der Waals surface area contributed by atoms with Gasteiger partial charge in [-0.3, -0.25) is 4.79 Å². The highest BCUT2D eigenvalue weighted by Gasteiger charge is 2.35. The molecule has 4 heteroatoms. The lowest BCUT2D eigenvalue weighted by Gasteiger charge is -2.41. The lowest BCUT2D eigenvalue weighted by atomic mass is 9.75. The first kappa shape index (κ1) is 17.4. The van der Waals surface area contributed by atoms with Gasteiger partial charge >= 0.3 is 0 Å². The normalized spacial score (nSPS) is 21.6. The van der Waals surface area contributed by atoms with Gasteiger partial charge in [0, 0.05) is 6.54 Å². The third-order valence-corrected chi connectivity index (χ3v) is 4.66. The van der Waals surface area contributed by atoms with E-state index in [1.54, 1.807) is 0 Å². The number of likely N-dealkylation sites (tertiary alicyclic amines) is 1. The number of carbonyl (C=O) groups is 1. The average molecular weight is 283 g/mol. The molecule has 1 heterocycles. The van der Waals surface area contributed by atoms with Gasteiger partial charge in [0.05, 0.1) is 0 Å². The molecule has 1 amide bonds. The van der Waals surface area contributed by atoms with Crippen LogP contribution in [0.1, 0.15) is 53.9 Å². The Kier molecular flexibility index (Phi) is 6.02. The van der Waals surface area contributed by atoms with Crippen molar-refractivity contribution in [1.82, 2.24) is 10.2 Å². The van der Waals surface area contributed by atoms with Crippen LogP contribution in [-0.2, 0) is 4.79 Å². The maximum atomic E-state index is 11.8. The van der Waals surface area contributed by atoms with Crippen LogP contribution in [0.15, 0.2) is 0 Å². The molecule has 0 aromatic carbocycles. The van der Waals surface area contributed by atoms with Crippen LogP contribution in [0.25, 0.3) is 0 Å². The molecule has 1 atom stereocenters. The Morgan fingerprint density at radius 1 is 1.25 bits per heavy atom. The predicted molar refractivity (Wildman–Crippen MR) is 84.5 cm³/mol. The summed E-state index contributed by atoms with van der Waals surface area (Å²) in [5.74, 6) is 0.533. The van der Waals surface area contributed by atoms with Crippen molar-refractivity contribution in [2.24, 2.45) is 17.1 Å². The molecule has 0 aliphatic carbocycles. The van der Waals surface area contributed by atoms with E-state index in [1.807, 2.05) is 6.92 Å². The van der Waals surface area contributed by atoms with Gasteiger partial charge in [0.2, 0.25) is 5.91 Å². The zero-order valence-corrected chi connectivity index (χ0v) is 14.0. The smallest absolute Gasteiger partial charge is 0.238 e. The molecule has 1 rings (SSSR count). The largest absolute Gasteiger partial charge is 0.368 e. The molecular formula is C16H33N3O. The fourth-order valence-corrected chi connectivity index (χ4v) is 3.03. The lowest BCUT2D eigenvalue weighted by molar-refractivity contribution is -0.124. The Morgan fingerprint density at radius 3 is 2.20 bits per heavy atom. The van der Waals surface area contributed by atoms with Gasteiger partial charge in [-0.2, -0.15) is 0 Å². The predicted octanol–water partition coefficient (Wildman–Crippen LogP) is 1.99. The van der Waals surface area contributed by atoms with E-state index in [9.17, 15) is 4.79 Å². The minimum atomic E-state index is -0.607. The molecular weight excluding hydrogens is 250 g/mol. The highest BCUT2D eigenvalue weighted by Crippen LogP contribution is 2.34. The summed E-state index contributed by atoms with van der Waals surface area (Å²) in [5.41, 5.74) is 5.38. The van der Waals surface area contributed by atoms with Crippen molar-refractivity contribution < 1.29 is 4.79 Å². The van der Waals surface area contributed by atoms with Crippen LogP contribution >= 0.6 is 0 Å². The highest BCUT2D eigenvalue weighted by atomic mass is 16.1. The summed E-state index contributed by atoms with van der Waals surface area (Å²) in [4.78, 5) is 14.1. The standard InChI is InChI=1S/C16H33N3O/c1-6-9-18-16(5,14(17)20)12-19-10-7-13(8-11-19)15(2,3)4/h13,18H,6-12H2,1-5H3,(H2,17,20).